The smallest absolute Gasteiger partial charge is 0.251 e. The van der Waals surface area contributed by atoms with Crippen LogP contribution in [-0.4, -0.2) is 20.9 Å². The van der Waals surface area contributed by atoms with E-state index in [4.69, 9.17) is 16.7 Å². The highest BCUT2D eigenvalue weighted by Crippen LogP contribution is 2.30. The molecule has 0 atom stereocenters. The molecule has 1 aromatic carbocycles. The van der Waals surface area contributed by atoms with Gasteiger partial charge in [0.2, 0.25) is 10.0 Å². The summed E-state index contributed by atoms with van der Waals surface area (Å²) in [5, 5.41) is 7.95. The maximum atomic E-state index is 12.0. The number of benzene rings is 1. The molecule has 1 rings (SSSR count). The molecular weight excluding hydrogens is 380 g/mol. The molecule has 0 heterocycles. The molecule has 21 heavy (non-hydrogen) atoms. The lowest BCUT2D eigenvalue weighted by molar-refractivity contribution is 0.0952. The maximum Gasteiger partial charge on any atom is 0.251 e. The summed E-state index contributed by atoms with van der Waals surface area (Å²) in [6.45, 7) is 4.73. The van der Waals surface area contributed by atoms with Gasteiger partial charge in [0.15, 0.2) is 0 Å². The second-order valence-corrected chi connectivity index (χ2v) is 7.84. The third kappa shape index (κ3) is 5.58. The minimum absolute atomic E-state index is 0.119. The van der Waals surface area contributed by atoms with Crippen molar-refractivity contribution in [2.45, 2.75) is 31.6 Å². The van der Waals surface area contributed by atoms with E-state index in [-0.39, 0.29) is 25.9 Å². The van der Waals surface area contributed by atoms with E-state index in [0.29, 0.717) is 12.5 Å². The molecule has 1 amide bonds. The molecule has 8 heteroatoms. The monoisotopic (exact) mass is 396 g/mol. The highest BCUT2D eigenvalue weighted by Gasteiger charge is 2.19. The summed E-state index contributed by atoms with van der Waals surface area (Å²) >= 11 is 8.98. The van der Waals surface area contributed by atoms with Crippen molar-refractivity contribution in [3.63, 3.8) is 0 Å². The minimum Gasteiger partial charge on any atom is -0.352 e. The first-order valence-corrected chi connectivity index (χ1v) is 9.14. The molecule has 0 bridgehead atoms. The van der Waals surface area contributed by atoms with E-state index >= 15 is 0 Å². The molecule has 0 saturated carbocycles. The molecule has 0 fully saturated rings. The molecule has 0 aliphatic heterocycles. The van der Waals surface area contributed by atoms with E-state index < -0.39 is 10.0 Å². The van der Waals surface area contributed by atoms with Crippen LogP contribution in [0.2, 0.25) is 5.02 Å². The first-order chi connectivity index (χ1) is 9.62. The van der Waals surface area contributed by atoms with Crippen LogP contribution in [0.3, 0.4) is 0 Å². The van der Waals surface area contributed by atoms with Gasteiger partial charge in [-0.05, 0) is 46.8 Å². The Hall–Kier alpha value is -0.630. The zero-order valence-corrected chi connectivity index (χ0v) is 15.0. The summed E-state index contributed by atoms with van der Waals surface area (Å²) in [5.74, 6) is 0.191. The topological polar surface area (TPSA) is 89.3 Å². The van der Waals surface area contributed by atoms with E-state index in [1.807, 2.05) is 0 Å². The van der Waals surface area contributed by atoms with Gasteiger partial charge in [0.1, 0.15) is 0 Å². The van der Waals surface area contributed by atoms with Crippen LogP contribution in [-0.2, 0) is 10.0 Å². The second-order valence-electron chi connectivity index (χ2n) is 5.11. The van der Waals surface area contributed by atoms with E-state index in [0.717, 1.165) is 12.8 Å². The van der Waals surface area contributed by atoms with Crippen LogP contribution < -0.4 is 10.5 Å². The standard InChI is InChI=1S/C13H18BrClN2O3S/c1-8(2)4-3-5-17-13(18)9-6-10(15)12(14)11(7-9)21(16,19)20/h6-8H,3-5H2,1-2H3,(H,17,18)(H2,16,19,20). The van der Waals surface area contributed by atoms with Crippen LogP contribution >= 0.6 is 27.5 Å². The summed E-state index contributed by atoms with van der Waals surface area (Å²) in [5.41, 5.74) is 0.164. The van der Waals surface area contributed by atoms with E-state index in [9.17, 15) is 13.2 Å². The van der Waals surface area contributed by atoms with Crippen LogP contribution in [0.15, 0.2) is 21.5 Å². The fourth-order valence-corrected chi connectivity index (χ4v) is 3.55. The number of halogens is 2. The Labute approximate surface area is 138 Å². The fraction of sp³-hybridized carbons (Fsp3) is 0.462. The number of nitrogens with two attached hydrogens (primary N) is 1. The molecule has 0 aliphatic rings. The van der Waals surface area contributed by atoms with E-state index in [1.54, 1.807) is 0 Å². The largest absolute Gasteiger partial charge is 0.352 e. The minimum atomic E-state index is -3.96. The summed E-state index contributed by atoms with van der Waals surface area (Å²) in [4.78, 5) is 11.8. The number of primary sulfonamides is 1. The highest BCUT2D eigenvalue weighted by molar-refractivity contribution is 9.10. The average Bonchev–Trinajstić information content (AvgIpc) is 2.35. The van der Waals surface area contributed by atoms with Gasteiger partial charge in [-0.1, -0.05) is 25.4 Å². The van der Waals surface area contributed by atoms with Gasteiger partial charge in [-0.2, -0.15) is 0 Å². The molecule has 0 spiro atoms. The number of hydrogen-bond acceptors (Lipinski definition) is 3. The normalized spacial score (nSPS) is 11.7. The van der Waals surface area contributed by atoms with E-state index in [1.165, 1.54) is 12.1 Å². The Morgan fingerprint density at radius 1 is 1.43 bits per heavy atom. The molecule has 0 unspecified atom stereocenters. The lowest BCUT2D eigenvalue weighted by Crippen LogP contribution is -2.25. The maximum absolute atomic E-state index is 12.0. The van der Waals surface area contributed by atoms with Crippen LogP contribution in [0.25, 0.3) is 0 Å². The van der Waals surface area contributed by atoms with Crippen molar-refractivity contribution in [3.05, 3.63) is 27.2 Å². The molecule has 0 saturated heterocycles. The SMILES string of the molecule is CC(C)CCCNC(=O)c1cc(Cl)c(Br)c(S(N)(=O)=O)c1. The molecule has 0 aliphatic carbocycles. The molecule has 3 N–H and O–H groups in total. The summed E-state index contributed by atoms with van der Waals surface area (Å²) < 4.78 is 23.1. The fourth-order valence-electron chi connectivity index (χ4n) is 1.72. The van der Waals surface area contributed by atoms with Crippen molar-refractivity contribution in [3.8, 4) is 0 Å². The van der Waals surface area contributed by atoms with Gasteiger partial charge in [-0.25, -0.2) is 13.6 Å². The Balaban J connectivity index is 2.89. The highest BCUT2D eigenvalue weighted by atomic mass is 79.9. The Morgan fingerprint density at radius 3 is 2.57 bits per heavy atom. The van der Waals surface area contributed by atoms with Gasteiger partial charge in [-0.15, -0.1) is 0 Å². The number of sulfonamides is 1. The van der Waals surface area contributed by atoms with Gasteiger partial charge in [0.05, 0.1) is 14.4 Å². The first-order valence-electron chi connectivity index (χ1n) is 6.43. The Bertz CT molecular complexity index is 633. The molecule has 0 aromatic heterocycles. The average molecular weight is 398 g/mol. The lowest BCUT2D eigenvalue weighted by Gasteiger charge is -2.10. The lowest BCUT2D eigenvalue weighted by atomic mass is 10.1. The predicted octanol–water partition coefficient (Wildman–Crippen LogP) is 2.92. The summed E-state index contributed by atoms with van der Waals surface area (Å²) in [6.07, 6.45) is 1.86. The van der Waals surface area contributed by atoms with Gasteiger partial charge in [0.25, 0.3) is 5.91 Å². The number of rotatable bonds is 6. The molecule has 118 valence electrons. The number of amides is 1. The number of carbonyl (C=O) groups is 1. The van der Waals surface area contributed by atoms with Crippen molar-refractivity contribution in [1.82, 2.24) is 5.32 Å². The van der Waals surface area contributed by atoms with E-state index in [2.05, 4.69) is 35.1 Å². The Kier molecular flexibility index (Phi) is 6.65. The predicted molar refractivity (Wildman–Crippen MR) is 86.9 cm³/mol. The van der Waals surface area contributed by atoms with Gasteiger partial charge < -0.3 is 5.32 Å². The van der Waals surface area contributed by atoms with Crippen LogP contribution in [0.4, 0.5) is 0 Å². The van der Waals surface area contributed by atoms with Crippen molar-refractivity contribution in [1.29, 1.82) is 0 Å². The van der Waals surface area contributed by atoms with Gasteiger partial charge in [-0.3, -0.25) is 4.79 Å². The quantitative estimate of drug-likeness (QED) is 0.723. The third-order valence-corrected chi connectivity index (χ3v) is 5.39. The second kappa shape index (κ2) is 7.58. The van der Waals surface area contributed by atoms with Crippen LogP contribution in [0, 0.1) is 5.92 Å². The van der Waals surface area contributed by atoms with Crippen LogP contribution in [0.5, 0.6) is 0 Å². The molecule has 1 aromatic rings. The summed E-state index contributed by atoms with van der Waals surface area (Å²) in [6, 6.07) is 2.61. The molecular formula is C13H18BrClN2O3S. The van der Waals surface area contributed by atoms with Crippen molar-refractivity contribution < 1.29 is 13.2 Å². The first kappa shape index (κ1) is 18.4. The van der Waals surface area contributed by atoms with Crippen molar-refractivity contribution >= 4 is 43.5 Å². The van der Waals surface area contributed by atoms with Crippen LogP contribution in [0.1, 0.15) is 37.0 Å². The summed E-state index contributed by atoms with van der Waals surface area (Å²) in [7, 11) is -3.96. The number of carbonyl (C=O) groups excluding carboxylic acids is 1. The molecule has 0 radical (unpaired) electrons. The number of hydrogen-bond donors (Lipinski definition) is 2. The van der Waals surface area contributed by atoms with Crippen molar-refractivity contribution in [2.24, 2.45) is 11.1 Å². The zero-order chi connectivity index (χ0) is 16.2. The van der Waals surface area contributed by atoms with Crippen molar-refractivity contribution in [2.75, 3.05) is 6.54 Å². The zero-order valence-electron chi connectivity index (χ0n) is 11.8. The number of nitrogens with one attached hydrogen (secondary N) is 1. The molecule has 5 nitrogen and oxygen atoms in total. The Morgan fingerprint density at radius 2 is 2.05 bits per heavy atom. The third-order valence-electron chi connectivity index (χ3n) is 2.81. The van der Waals surface area contributed by atoms with Gasteiger partial charge >= 0.3 is 0 Å². The van der Waals surface area contributed by atoms with Gasteiger partial charge in [0, 0.05) is 12.1 Å².